The highest BCUT2D eigenvalue weighted by molar-refractivity contribution is 6.32. The van der Waals surface area contributed by atoms with Gasteiger partial charge in [0.1, 0.15) is 0 Å². The monoisotopic (exact) mass is 260 g/mol. The van der Waals surface area contributed by atoms with Crippen LogP contribution in [0.3, 0.4) is 0 Å². The molecule has 0 nitrogen and oxygen atoms in total. The lowest BCUT2D eigenvalue weighted by atomic mass is 9.92. The van der Waals surface area contributed by atoms with E-state index in [0.717, 1.165) is 35.4 Å². The zero-order valence-electron chi connectivity index (χ0n) is 11.3. The van der Waals surface area contributed by atoms with Gasteiger partial charge < -0.3 is 0 Å². The van der Waals surface area contributed by atoms with Crippen LogP contribution in [-0.4, -0.2) is 0 Å². The molecule has 0 saturated carbocycles. The summed E-state index contributed by atoms with van der Waals surface area (Å²) in [5.74, 6) is 0. The summed E-state index contributed by atoms with van der Waals surface area (Å²) in [6.45, 7) is 12.2. The minimum absolute atomic E-state index is 0.719. The molecule has 0 aliphatic rings. The van der Waals surface area contributed by atoms with E-state index in [1.165, 1.54) is 11.1 Å². The Labute approximate surface area is 116 Å². The number of unbranched alkanes of at least 4 members (excludes halogenated alkanes) is 1. The Morgan fingerprint density at radius 1 is 1.33 bits per heavy atom. The molecule has 1 aromatic carbocycles. The maximum atomic E-state index is 6.26. The van der Waals surface area contributed by atoms with Crippen LogP contribution in [0.15, 0.2) is 54.1 Å². The van der Waals surface area contributed by atoms with Crippen LogP contribution < -0.4 is 0 Å². The highest BCUT2D eigenvalue weighted by Gasteiger charge is 2.10. The number of hydrogen-bond donors (Lipinski definition) is 0. The van der Waals surface area contributed by atoms with Gasteiger partial charge in [0.25, 0.3) is 0 Å². The van der Waals surface area contributed by atoms with Crippen LogP contribution in [0, 0.1) is 6.92 Å². The van der Waals surface area contributed by atoms with Gasteiger partial charge in [-0.3, -0.25) is 0 Å². The molecule has 1 aromatic rings. The fourth-order valence-corrected chi connectivity index (χ4v) is 2.17. The molecule has 0 N–H and O–H groups in total. The van der Waals surface area contributed by atoms with E-state index in [0.29, 0.717) is 0 Å². The Morgan fingerprint density at radius 2 is 2.00 bits per heavy atom. The summed E-state index contributed by atoms with van der Waals surface area (Å²) in [4.78, 5) is 0. The van der Waals surface area contributed by atoms with Crippen molar-refractivity contribution in [1.82, 2.24) is 0 Å². The normalized spacial score (nSPS) is 11.9. The summed E-state index contributed by atoms with van der Waals surface area (Å²) in [5.41, 5.74) is 4.53. The molecule has 0 bridgehead atoms. The first-order valence-electron chi connectivity index (χ1n) is 6.38. The van der Waals surface area contributed by atoms with E-state index in [9.17, 15) is 0 Å². The van der Waals surface area contributed by atoms with Crippen molar-refractivity contribution in [1.29, 1.82) is 0 Å². The first-order valence-corrected chi connectivity index (χ1v) is 6.76. The Hall–Kier alpha value is -1.27. The van der Waals surface area contributed by atoms with Gasteiger partial charge in [0.05, 0.1) is 0 Å². The number of halogens is 1. The zero-order chi connectivity index (χ0) is 13.5. The summed E-state index contributed by atoms with van der Waals surface area (Å²) in [6.07, 6.45) is 4.92. The summed E-state index contributed by atoms with van der Waals surface area (Å²) in [5, 5.41) is 0.719. The predicted octanol–water partition coefficient (Wildman–Crippen LogP) is 5.88. The molecule has 0 amide bonds. The van der Waals surface area contributed by atoms with Crippen LogP contribution in [0.1, 0.15) is 37.3 Å². The second kappa shape index (κ2) is 7.23. The van der Waals surface area contributed by atoms with E-state index in [4.69, 9.17) is 11.6 Å². The van der Waals surface area contributed by atoms with Gasteiger partial charge >= 0.3 is 0 Å². The molecule has 0 atom stereocenters. The zero-order valence-corrected chi connectivity index (χ0v) is 12.1. The number of benzene rings is 1. The topological polar surface area (TPSA) is 0 Å². The van der Waals surface area contributed by atoms with Crippen molar-refractivity contribution in [2.75, 3.05) is 0 Å². The molecule has 0 radical (unpaired) electrons. The highest BCUT2D eigenvalue weighted by atomic mass is 35.5. The molecule has 0 saturated heterocycles. The second-order valence-corrected chi connectivity index (χ2v) is 4.83. The third-order valence-corrected chi connectivity index (χ3v) is 3.46. The molecule has 0 heterocycles. The predicted molar refractivity (Wildman–Crippen MR) is 82.8 cm³/mol. The molecular weight excluding hydrogens is 240 g/mol. The molecule has 96 valence electrons. The van der Waals surface area contributed by atoms with Crippen molar-refractivity contribution in [2.45, 2.75) is 33.1 Å². The van der Waals surface area contributed by atoms with Crippen LogP contribution >= 0.6 is 11.6 Å². The smallest absolute Gasteiger partial charge is 0.0438 e. The minimum atomic E-state index is 0.719. The van der Waals surface area contributed by atoms with Crippen molar-refractivity contribution < 1.29 is 0 Å². The Morgan fingerprint density at radius 3 is 2.56 bits per heavy atom. The molecule has 1 rings (SSSR count). The van der Waals surface area contributed by atoms with E-state index in [1.54, 1.807) is 6.08 Å². The lowest BCUT2D eigenvalue weighted by Gasteiger charge is -2.14. The van der Waals surface area contributed by atoms with Crippen molar-refractivity contribution in [3.8, 4) is 0 Å². The van der Waals surface area contributed by atoms with Crippen LogP contribution in [0.5, 0.6) is 0 Å². The lowest BCUT2D eigenvalue weighted by molar-refractivity contribution is 0.799. The van der Waals surface area contributed by atoms with Gasteiger partial charge in [-0.15, -0.1) is 0 Å². The van der Waals surface area contributed by atoms with Crippen molar-refractivity contribution in [2.24, 2.45) is 0 Å². The highest BCUT2D eigenvalue weighted by Crippen LogP contribution is 2.31. The number of hydrogen-bond acceptors (Lipinski definition) is 0. The Balaban J connectivity index is 3.11. The van der Waals surface area contributed by atoms with Gasteiger partial charge in [-0.2, -0.15) is 0 Å². The Bertz CT molecular complexity index is 466. The van der Waals surface area contributed by atoms with Gasteiger partial charge in [0, 0.05) is 5.03 Å². The second-order valence-electron chi connectivity index (χ2n) is 4.43. The molecule has 1 heteroatoms. The molecule has 0 aliphatic heterocycles. The van der Waals surface area contributed by atoms with Crippen LogP contribution in [0.25, 0.3) is 5.57 Å². The minimum Gasteiger partial charge on any atom is -0.0976 e. The van der Waals surface area contributed by atoms with E-state index in [2.05, 4.69) is 39.1 Å². The average Bonchev–Trinajstić information content (AvgIpc) is 2.39. The lowest BCUT2D eigenvalue weighted by Crippen LogP contribution is -1.94. The SMILES string of the molecule is C=C/C(Cl)=C(/CCCC)C(=C)c1ccccc1C. The van der Waals surface area contributed by atoms with E-state index in [-0.39, 0.29) is 0 Å². The number of aryl methyl sites for hydroxylation is 1. The maximum absolute atomic E-state index is 6.26. The van der Waals surface area contributed by atoms with Crippen LogP contribution in [-0.2, 0) is 0 Å². The number of allylic oxidation sites excluding steroid dienone is 4. The van der Waals surface area contributed by atoms with E-state index < -0.39 is 0 Å². The number of rotatable bonds is 6. The van der Waals surface area contributed by atoms with Crippen LogP contribution in [0.4, 0.5) is 0 Å². The van der Waals surface area contributed by atoms with Gasteiger partial charge in [-0.05, 0) is 42.0 Å². The van der Waals surface area contributed by atoms with Crippen molar-refractivity contribution in [3.63, 3.8) is 0 Å². The summed E-state index contributed by atoms with van der Waals surface area (Å²) >= 11 is 6.26. The molecule has 0 unspecified atom stereocenters. The first-order chi connectivity index (χ1) is 8.61. The molecule has 0 fully saturated rings. The Kier molecular flexibility index (Phi) is 5.94. The molecule has 0 aliphatic carbocycles. The molecule has 18 heavy (non-hydrogen) atoms. The maximum Gasteiger partial charge on any atom is 0.0438 e. The first kappa shape index (κ1) is 14.8. The summed E-state index contributed by atoms with van der Waals surface area (Å²) in [7, 11) is 0. The van der Waals surface area contributed by atoms with Gasteiger partial charge in [0.2, 0.25) is 0 Å². The molecule has 0 spiro atoms. The standard InChI is InChI=1S/C17H21Cl/c1-5-7-11-16(17(18)6-2)14(4)15-12-9-8-10-13(15)3/h6,8-10,12H,2,4-5,7,11H2,1,3H3/b17-16+. The van der Waals surface area contributed by atoms with Gasteiger partial charge in [-0.1, -0.05) is 68.4 Å². The third kappa shape index (κ3) is 3.61. The van der Waals surface area contributed by atoms with E-state index in [1.807, 2.05) is 12.1 Å². The third-order valence-electron chi connectivity index (χ3n) is 3.08. The fraction of sp³-hybridized carbons (Fsp3) is 0.294. The van der Waals surface area contributed by atoms with Crippen LogP contribution in [0.2, 0.25) is 0 Å². The largest absolute Gasteiger partial charge is 0.0976 e. The van der Waals surface area contributed by atoms with Gasteiger partial charge in [0.15, 0.2) is 0 Å². The van der Waals surface area contributed by atoms with Gasteiger partial charge in [-0.25, -0.2) is 0 Å². The van der Waals surface area contributed by atoms with Crippen molar-refractivity contribution in [3.05, 3.63) is 65.2 Å². The molecular formula is C17H21Cl. The quantitative estimate of drug-likeness (QED) is 0.561. The van der Waals surface area contributed by atoms with E-state index >= 15 is 0 Å². The summed E-state index contributed by atoms with van der Waals surface area (Å²) in [6, 6.07) is 8.26. The fourth-order valence-electron chi connectivity index (χ4n) is 1.97. The average molecular weight is 261 g/mol. The van der Waals surface area contributed by atoms with Crippen molar-refractivity contribution >= 4 is 17.2 Å². The molecule has 0 aromatic heterocycles. The summed E-state index contributed by atoms with van der Waals surface area (Å²) < 4.78 is 0.